The molecule has 2 aliphatic rings. The summed E-state index contributed by atoms with van der Waals surface area (Å²) < 4.78 is 0. The largest absolute Gasteiger partial charge is 0.353 e. The number of imide groups is 1. The highest BCUT2D eigenvalue weighted by molar-refractivity contribution is 6.38. The number of fused-ring (bicyclic) bond motifs is 1. The Balaban J connectivity index is 1.27. The number of aromatic nitrogens is 1. The maximum atomic E-state index is 13.7. The zero-order valence-electron chi connectivity index (χ0n) is 26.3. The van der Waals surface area contributed by atoms with Gasteiger partial charge in [0.05, 0.1) is 28.7 Å². The van der Waals surface area contributed by atoms with Crippen LogP contribution in [-0.2, 0) is 9.59 Å². The minimum absolute atomic E-state index is 0.115. The normalized spacial score (nSPS) is 16.1. The number of benzene rings is 4. The van der Waals surface area contributed by atoms with Gasteiger partial charge in [-0.3, -0.25) is 19.4 Å². The molecule has 0 saturated carbocycles. The smallest absolute Gasteiger partial charge is 0.333 e. The van der Waals surface area contributed by atoms with E-state index in [4.69, 9.17) is 0 Å². The van der Waals surface area contributed by atoms with E-state index in [1.165, 1.54) is 0 Å². The monoisotopic (exact) mass is 646 g/mol. The Morgan fingerprint density at radius 1 is 0.796 bits per heavy atom. The van der Waals surface area contributed by atoms with Gasteiger partial charge in [-0.05, 0) is 72.2 Å². The second kappa shape index (κ2) is 13.1. The molecule has 4 aromatic carbocycles. The maximum absolute atomic E-state index is 13.7. The number of nitrogens with one attached hydrogen (secondary N) is 4. The van der Waals surface area contributed by atoms with Gasteiger partial charge in [0.1, 0.15) is 5.70 Å². The van der Waals surface area contributed by atoms with Gasteiger partial charge in [0.2, 0.25) is 0 Å². The fraction of sp³-hybridized carbons (Fsp3) is 0.0513. The maximum Gasteiger partial charge on any atom is 0.333 e. The third-order valence-corrected chi connectivity index (χ3v) is 8.29. The molecule has 0 bridgehead atoms. The molecule has 7 rings (SSSR count). The Kier molecular flexibility index (Phi) is 8.26. The number of hydrogen-bond acceptors (Lipinski definition) is 6. The lowest BCUT2D eigenvalue weighted by Gasteiger charge is -2.21. The van der Waals surface area contributed by atoms with Crippen LogP contribution >= 0.6 is 0 Å². The van der Waals surface area contributed by atoms with Gasteiger partial charge in [0, 0.05) is 29.2 Å². The highest BCUT2D eigenvalue weighted by Gasteiger charge is 2.37. The summed E-state index contributed by atoms with van der Waals surface area (Å²) in [6, 6.07) is 33.5. The zero-order chi connectivity index (χ0) is 33.9. The highest BCUT2D eigenvalue weighted by Crippen LogP contribution is 2.40. The van der Waals surface area contributed by atoms with Gasteiger partial charge in [0.25, 0.3) is 17.7 Å². The first-order valence-electron chi connectivity index (χ1n) is 15.6. The summed E-state index contributed by atoms with van der Waals surface area (Å²) in [5, 5.41) is 12.0. The van der Waals surface area contributed by atoms with Crippen LogP contribution in [-0.4, -0.2) is 28.7 Å². The molecule has 0 aliphatic carbocycles. The Hall–Kier alpha value is -6.81. The van der Waals surface area contributed by atoms with Gasteiger partial charge in [-0.1, -0.05) is 72.8 Å². The summed E-state index contributed by atoms with van der Waals surface area (Å²) in [6.07, 6.45) is 4.78. The quantitative estimate of drug-likeness (QED) is 0.111. The molecule has 10 nitrogen and oxygen atoms in total. The number of urea groups is 1. The minimum Gasteiger partial charge on any atom is -0.353 e. The predicted molar refractivity (Wildman–Crippen MR) is 189 cm³/mol. The van der Waals surface area contributed by atoms with Gasteiger partial charge in [-0.15, -0.1) is 0 Å². The van der Waals surface area contributed by atoms with E-state index in [-0.39, 0.29) is 23.6 Å². The minimum atomic E-state index is -0.613. The SMILES string of the molecule is C[C@@H](NC(=O)c1ccc2c(c1)C(=C(Nc1ccccc1N1C(=O)NC(=Cc3ccncc3)C1=O)c1ccccc1)C(=O)N2)c1ccccc1. The summed E-state index contributed by atoms with van der Waals surface area (Å²) in [4.78, 5) is 59.0. The number of pyridine rings is 1. The van der Waals surface area contributed by atoms with Crippen LogP contribution in [0.25, 0.3) is 17.3 Å². The van der Waals surface area contributed by atoms with E-state index >= 15 is 0 Å². The van der Waals surface area contributed by atoms with Crippen molar-refractivity contribution in [3.63, 3.8) is 0 Å². The molecule has 1 saturated heterocycles. The molecule has 1 atom stereocenters. The van der Waals surface area contributed by atoms with Gasteiger partial charge in [-0.2, -0.15) is 0 Å². The standard InChI is InChI=1S/C39H30N6O4/c1-24(26-10-4-2-5-11-26)41-36(46)28-16-17-30-29(23-28)34(37(47)43-30)35(27-12-6-3-7-13-27)42-31-14-8-9-15-33(31)45-38(48)32(44-39(45)49)22-25-18-20-40-21-19-25/h2-24,42H,1H3,(H,41,46)(H,43,47)(H,44,49)/t24-/m1/s1. The average molecular weight is 647 g/mol. The molecule has 5 amide bonds. The first-order chi connectivity index (χ1) is 23.9. The molecule has 3 heterocycles. The molecule has 1 aromatic heterocycles. The predicted octanol–water partition coefficient (Wildman–Crippen LogP) is 6.60. The average Bonchev–Trinajstić information content (AvgIpc) is 3.60. The van der Waals surface area contributed by atoms with Crippen LogP contribution in [0.3, 0.4) is 0 Å². The van der Waals surface area contributed by atoms with E-state index in [2.05, 4.69) is 26.3 Å². The van der Waals surface area contributed by atoms with Gasteiger partial charge < -0.3 is 21.3 Å². The molecule has 49 heavy (non-hydrogen) atoms. The number of rotatable bonds is 8. The van der Waals surface area contributed by atoms with E-state index in [9.17, 15) is 19.2 Å². The van der Waals surface area contributed by atoms with Crippen molar-refractivity contribution in [2.75, 3.05) is 15.5 Å². The van der Waals surface area contributed by atoms with Crippen molar-refractivity contribution in [3.8, 4) is 0 Å². The fourth-order valence-corrected chi connectivity index (χ4v) is 5.83. The van der Waals surface area contributed by atoms with Crippen molar-refractivity contribution >= 4 is 58.2 Å². The molecule has 0 unspecified atom stereocenters. The van der Waals surface area contributed by atoms with Crippen LogP contribution in [0.4, 0.5) is 21.9 Å². The van der Waals surface area contributed by atoms with Crippen molar-refractivity contribution in [1.82, 2.24) is 15.6 Å². The van der Waals surface area contributed by atoms with Crippen LogP contribution in [0.2, 0.25) is 0 Å². The summed E-state index contributed by atoms with van der Waals surface area (Å²) in [7, 11) is 0. The molecule has 0 spiro atoms. The molecule has 10 heteroatoms. The summed E-state index contributed by atoms with van der Waals surface area (Å²) >= 11 is 0. The number of amides is 5. The van der Waals surface area contributed by atoms with Crippen molar-refractivity contribution in [2.45, 2.75) is 13.0 Å². The molecule has 1 fully saturated rings. The van der Waals surface area contributed by atoms with E-state index in [0.717, 1.165) is 10.5 Å². The second-order valence-corrected chi connectivity index (χ2v) is 11.5. The van der Waals surface area contributed by atoms with E-state index in [1.807, 2.05) is 67.6 Å². The number of nitrogens with zero attached hydrogens (tertiary/aromatic N) is 2. The summed E-state index contributed by atoms with van der Waals surface area (Å²) in [5.41, 5.74) is 5.37. The van der Waals surface area contributed by atoms with Crippen LogP contribution < -0.4 is 26.2 Å². The molecule has 0 radical (unpaired) electrons. The van der Waals surface area contributed by atoms with Gasteiger partial charge >= 0.3 is 6.03 Å². The Labute approximate surface area is 282 Å². The van der Waals surface area contributed by atoms with E-state index in [0.29, 0.717) is 50.6 Å². The number of anilines is 3. The third kappa shape index (κ3) is 6.18. The van der Waals surface area contributed by atoms with Gasteiger partial charge in [-0.25, -0.2) is 9.69 Å². The molecular formula is C39H30N6O4. The Bertz CT molecular complexity index is 2160. The molecular weight excluding hydrogens is 616 g/mol. The number of carbonyl (C=O) groups is 4. The van der Waals surface area contributed by atoms with Crippen molar-refractivity contribution < 1.29 is 19.2 Å². The zero-order valence-corrected chi connectivity index (χ0v) is 26.3. The topological polar surface area (TPSA) is 133 Å². The molecule has 240 valence electrons. The second-order valence-electron chi connectivity index (χ2n) is 11.5. The third-order valence-electron chi connectivity index (χ3n) is 8.29. The molecule has 2 aliphatic heterocycles. The van der Waals surface area contributed by atoms with Gasteiger partial charge in [0.15, 0.2) is 0 Å². The van der Waals surface area contributed by atoms with Crippen LogP contribution in [0.5, 0.6) is 0 Å². The van der Waals surface area contributed by atoms with Crippen molar-refractivity contribution in [1.29, 1.82) is 0 Å². The van der Waals surface area contributed by atoms with E-state index in [1.54, 1.807) is 73.1 Å². The summed E-state index contributed by atoms with van der Waals surface area (Å²) in [5.74, 6) is -1.19. The molecule has 4 N–H and O–H groups in total. The summed E-state index contributed by atoms with van der Waals surface area (Å²) in [6.45, 7) is 1.91. The number of carbonyl (C=O) groups excluding carboxylic acids is 4. The number of para-hydroxylation sites is 2. The van der Waals surface area contributed by atoms with E-state index < -0.39 is 11.9 Å². The number of hydrogen-bond donors (Lipinski definition) is 4. The van der Waals surface area contributed by atoms with Crippen molar-refractivity contribution in [2.24, 2.45) is 0 Å². The lowest BCUT2D eigenvalue weighted by molar-refractivity contribution is -0.114. The van der Waals surface area contributed by atoms with Crippen LogP contribution in [0.15, 0.2) is 133 Å². The lowest BCUT2D eigenvalue weighted by Crippen LogP contribution is -2.31. The highest BCUT2D eigenvalue weighted by atomic mass is 16.2. The molecule has 5 aromatic rings. The first kappa shape index (κ1) is 30.8. The lowest BCUT2D eigenvalue weighted by atomic mass is 9.98. The Morgan fingerprint density at radius 2 is 1.49 bits per heavy atom. The van der Waals surface area contributed by atoms with Crippen LogP contribution in [0.1, 0.15) is 45.6 Å². The fourth-order valence-electron chi connectivity index (χ4n) is 5.83. The first-order valence-corrected chi connectivity index (χ1v) is 15.6. The Morgan fingerprint density at radius 3 is 2.24 bits per heavy atom. The van der Waals surface area contributed by atoms with Crippen molar-refractivity contribution in [3.05, 3.63) is 161 Å². The van der Waals surface area contributed by atoms with Crippen LogP contribution in [0, 0.1) is 0 Å².